The highest BCUT2D eigenvalue weighted by Gasteiger charge is 2.38. The van der Waals surface area contributed by atoms with Crippen LogP contribution in [-0.2, 0) is 16.0 Å². The van der Waals surface area contributed by atoms with E-state index < -0.39 is 6.04 Å². The highest BCUT2D eigenvalue weighted by molar-refractivity contribution is 6.06. The van der Waals surface area contributed by atoms with Crippen molar-refractivity contribution in [2.24, 2.45) is 0 Å². The summed E-state index contributed by atoms with van der Waals surface area (Å²) in [6, 6.07) is 16.7. The lowest BCUT2D eigenvalue weighted by atomic mass is 10.1. The molecule has 0 spiro atoms. The van der Waals surface area contributed by atoms with Gasteiger partial charge in [0.2, 0.25) is 5.91 Å². The number of rotatable bonds is 6. The zero-order valence-corrected chi connectivity index (χ0v) is 13.6. The van der Waals surface area contributed by atoms with E-state index >= 15 is 0 Å². The number of carbonyl (C=O) groups is 2. The van der Waals surface area contributed by atoms with E-state index in [0.717, 1.165) is 11.3 Å². The predicted molar refractivity (Wildman–Crippen MR) is 91.9 cm³/mol. The van der Waals surface area contributed by atoms with Crippen LogP contribution in [0.4, 0.5) is 5.69 Å². The van der Waals surface area contributed by atoms with E-state index in [-0.39, 0.29) is 18.2 Å². The molecular formula is C19H20N2O3. The summed E-state index contributed by atoms with van der Waals surface area (Å²) in [4.78, 5) is 26.0. The number of nitrogens with zero attached hydrogens (tertiary/aromatic N) is 1. The average Bonchev–Trinajstić information content (AvgIpc) is 2.87. The largest absolute Gasteiger partial charge is 0.497 e. The van der Waals surface area contributed by atoms with Crippen LogP contribution in [0, 0.1) is 0 Å². The fourth-order valence-corrected chi connectivity index (χ4v) is 2.83. The second kappa shape index (κ2) is 7.17. The molecule has 1 N–H and O–H groups in total. The second-order valence-electron chi connectivity index (χ2n) is 5.75. The molecule has 0 aliphatic carbocycles. The van der Waals surface area contributed by atoms with Crippen molar-refractivity contribution in [2.45, 2.75) is 18.9 Å². The maximum Gasteiger partial charge on any atom is 0.252 e. The molecular weight excluding hydrogens is 304 g/mol. The van der Waals surface area contributed by atoms with E-state index in [1.807, 2.05) is 54.6 Å². The Morgan fingerprint density at radius 1 is 1.12 bits per heavy atom. The molecule has 0 unspecified atom stereocenters. The molecule has 5 heteroatoms. The minimum absolute atomic E-state index is 0.128. The molecule has 24 heavy (non-hydrogen) atoms. The first-order chi connectivity index (χ1) is 11.7. The normalized spacial score (nSPS) is 17.2. The van der Waals surface area contributed by atoms with Crippen LogP contribution in [0.3, 0.4) is 0 Å². The highest BCUT2D eigenvalue weighted by atomic mass is 16.5. The lowest BCUT2D eigenvalue weighted by molar-refractivity contribution is -0.138. The van der Waals surface area contributed by atoms with Gasteiger partial charge in [0.05, 0.1) is 13.5 Å². The molecule has 0 bridgehead atoms. The van der Waals surface area contributed by atoms with E-state index in [4.69, 9.17) is 4.74 Å². The van der Waals surface area contributed by atoms with Crippen LogP contribution in [0.2, 0.25) is 0 Å². The van der Waals surface area contributed by atoms with Gasteiger partial charge in [-0.25, -0.2) is 0 Å². The molecule has 2 aromatic carbocycles. The van der Waals surface area contributed by atoms with Crippen LogP contribution in [0.1, 0.15) is 12.0 Å². The van der Waals surface area contributed by atoms with Gasteiger partial charge >= 0.3 is 0 Å². The molecule has 0 radical (unpaired) electrons. The Balaban J connectivity index is 1.63. The summed E-state index contributed by atoms with van der Waals surface area (Å²) in [7, 11) is 1.59. The van der Waals surface area contributed by atoms with Crippen LogP contribution in [-0.4, -0.2) is 36.4 Å². The van der Waals surface area contributed by atoms with Gasteiger partial charge in [0.25, 0.3) is 5.91 Å². The average molecular weight is 324 g/mol. The van der Waals surface area contributed by atoms with Crippen molar-refractivity contribution in [3.63, 3.8) is 0 Å². The summed E-state index contributed by atoms with van der Waals surface area (Å²) >= 11 is 0. The quantitative estimate of drug-likeness (QED) is 0.829. The Kier molecular flexibility index (Phi) is 4.79. The second-order valence-corrected chi connectivity index (χ2v) is 5.75. The number of hydrogen-bond donors (Lipinski definition) is 1. The van der Waals surface area contributed by atoms with Crippen molar-refractivity contribution in [3.8, 4) is 5.75 Å². The Morgan fingerprint density at radius 2 is 1.92 bits per heavy atom. The van der Waals surface area contributed by atoms with E-state index in [2.05, 4.69) is 5.32 Å². The maximum absolute atomic E-state index is 12.5. The maximum atomic E-state index is 12.5. The first-order valence-electron chi connectivity index (χ1n) is 7.96. The van der Waals surface area contributed by atoms with Crippen molar-refractivity contribution in [1.29, 1.82) is 0 Å². The Hall–Kier alpha value is -2.82. The highest BCUT2D eigenvalue weighted by Crippen LogP contribution is 2.22. The van der Waals surface area contributed by atoms with Gasteiger partial charge in [-0.3, -0.25) is 14.5 Å². The van der Waals surface area contributed by atoms with Gasteiger partial charge in [0.1, 0.15) is 11.8 Å². The SMILES string of the molecule is COc1cccc(N[C@H]2CC(=O)N(CCc3ccccc3)C2=O)c1. The minimum atomic E-state index is -0.514. The number of amides is 2. The molecule has 5 nitrogen and oxygen atoms in total. The molecule has 1 heterocycles. The molecule has 1 saturated heterocycles. The van der Waals surface area contributed by atoms with Gasteiger partial charge in [-0.1, -0.05) is 36.4 Å². The van der Waals surface area contributed by atoms with Crippen molar-refractivity contribution in [3.05, 3.63) is 60.2 Å². The van der Waals surface area contributed by atoms with E-state index in [1.165, 1.54) is 4.90 Å². The summed E-state index contributed by atoms with van der Waals surface area (Å²) in [5.74, 6) is 0.410. The molecule has 124 valence electrons. The molecule has 2 amide bonds. The number of imide groups is 1. The number of nitrogens with one attached hydrogen (secondary N) is 1. The monoisotopic (exact) mass is 324 g/mol. The molecule has 0 saturated carbocycles. The third kappa shape index (κ3) is 3.56. The number of carbonyl (C=O) groups excluding carboxylic acids is 2. The predicted octanol–water partition coefficient (Wildman–Crippen LogP) is 2.48. The Labute approximate surface area is 141 Å². The zero-order chi connectivity index (χ0) is 16.9. The third-order valence-corrected chi connectivity index (χ3v) is 4.12. The number of methoxy groups -OCH3 is 1. The fourth-order valence-electron chi connectivity index (χ4n) is 2.83. The number of benzene rings is 2. The van der Waals surface area contributed by atoms with Crippen LogP contribution in [0.25, 0.3) is 0 Å². The number of ether oxygens (including phenoxy) is 1. The molecule has 0 aromatic heterocycles. The Bertz CT molecular complexity index is 730. The lowest BCUT2D eigenvalue weighted by Gasteiger charge is -2.16. The summed E-state index contributed by atoms with van der Waals surface area (Å²) in [6.45, 7) is 0.415. The number of hydrogen-bond acceptors (Lipinski definition) is 4. The standard InChI is InChI=1S/C19H20N2O3/c1-24-16-9-5-8-15(12-16)20-17-13-18(22)21(19(17)23)11-10-14-6-3-2-4-7-14/h2-9,12,17,20H,10-11,13H2,1H3/t17-/m0/s1. The summed E-state index contributed by atoms with van der Waals surface area (Å²) in [5, 5.41) is 3.13. The van der Waals surface area contributed by atoms with Crippen molar-refractivity contribution >= 4 is 17.5 Å². The van der Waals surface area contributed by atoms with Crippen molar-refractivity contribution in [1.82, 2.24) is 4.90 Å². The molecule has 1 aliphatic rings. The van der Waals surface area contributed by atoms with E-state index in [0.29, 0.717) is 18.7 Å². The molecule has 1 aliphatic heterocycles. The van der Waals surface area contributed by atoms with E-state index in [1.54, 1.807) is 7.11 Å². The van der Waals surface area contributed by atoms with Gasteiger partial charge in [-0.2, -0.15) is 0 Å². The van der Waals surface area contributed by atoms with Crippen LogP contribution in [0.5, 0.6) is 5.75 Å². The van der Waals surface area contributed by atoms with Gasteiger partial charge in [-0.15, -0.1) is 0 Å². The molecule has 1 fully saturated rings. The first kappa shape index (κ1) is 16.1. The van der Waals surface area contributed by atoms with Crippen molar-refractivity contribution in [2.75, 3.05) is 19.0 Å². The van der Waals surface area contributed by atoms with Crippen molar-refractivity contribution < 1.29 is 14.3 Å². The van der Waals surface area contributed by atoms with Gasteiger partial charge in [-0.05, 0) is 24.1 Å². The fraction of sp³-hybridized carbons (Fsp3) is 0.263. The number of likely N-dealkylation sites (tertiary alicyclic amines) is 1. The lowest BCUT2D eigenvalue weighted by Crippen LogP contribution is -2.36. The van der Waals surface area contributed by atoms with Crippen LogP contribution in [0.15, 0.2) is 54.6 Å². The first-order valence-corrected chi connectivity index (χ1v) is 7.96. The number of anilines is 1. The minimum Gasteiger partial charge on any atom is -0.497 e. The summed E-state index contributed by atoms with van der Waals surface area (Å²) in [6.07, 6.45) is 0.856. The van der Waals surface area contributed by atoms with E-state index in [9.17, 15) is 9.59 Å². The van der Waals surface area contributed by atoms with Gasteiger partial charge < -0.3 is 10.1 Å². The van der Waals surface area contributed by atoms with Crippen LogP contribution < -0.4 is 10.1 Å². The summed E-state index contributed by atoms with van der Waals surface area (Å²) < 4.78 is 5.17. The molecule has 2 aromatic rings. The van der Waals surface area contributed by atoms with Gasteiger partial charge in [0, 0.05) is 18.3 Å². The Morgan fingerprint density at radius 3 is 2.67 bits per heavy atom. The third-order valence-electron chi connectivity index (χ3n) is 4.12. The molecule has 1 atom stereocenters. The van der Waals surface area contributed by atoms with Gasteiger partial charge in [0.15, 0.2) is 0 Å². The molecule has 3 rings (SSSR count). The topological polar surface area (TPSA) is 58.6 Å². The summed E-state index contributed by atoms with van der Waals surface area (Å²) in [5.41, 5.74) is 1.88. The smallest absolute Gasteiger partial charge is 0.252 e. The zero-order valence-electron chi connectivity index (χ0n) is 13.6. The van der Waals surface area contributed by atoms with Crippen LogP contribution >= 0.6 is 0 Å².